The average molecular weight is 292 g/mol. The van der Waals surface area contributed by atoms with Crippen molar-refractivity contribution in [2.75, 3.05) is 0 Å². The van der Waals surface area contributed by atoms with E-state index in [0.29, 0.717) is 5.56 Å². The lowest BCUT2D eigenvalue weighted by molar-refractivity contribution is -0.145. The van der Waals surface area contributed by atoms with E-state index < -0.39 is 30.3 Å². The summed E-state index contributed by atoms with van der Waals surface area (Å²) in [7, 11) is 0. The molecule has 3 N–H and O–H groups in total. The van der Waals surface area contributed by atoms with Crippen molar-refractivity contribution in [1.82, 2.24) is 5.32 Å². The molecule has 0 spiro atoms. The molecule has 18 heavy (non-hydrogen) atoms. The van der Waals surface area contributed by atoms with Crippen molar-refractivity contribution >= 4 is 40.8 Å². The largest absolute Gasteiger partial charge is 0.481 e. The van der Waals surface area contributed by atoms with E-state index in [9.17, 15) is 14.4 Å². The minimum Gasteiger partial charge on any atom is -0.481 e. The first-order chi connectivity index (χ1) is 8.32. The van der Waals surface area contributed by atoms with Crippen molar-refractivity contribution in [3.05, 3.63) is 20.8 Å². The van der Waals surface area contributed by atoms with E-state index in [4.69, 9.17) is 21.8 Å². The van der Waals surface area contributed by atoms with E-state index in [-0.39, 0.29) is 9.90 Å². The van der Waals surface area contributed by atoms with Crippen LogP contribution in [-0.2, 0) is 9.59 Å². The maximum absolute atomic E-state index is 11.7. The first-order valence-electron chi connectivity index (χ1n) is 4.82. The Hall–Kier alpha value is -1.60. The Morgan fingerprint density at radius 1 is 1.44 bits per heavy atom. The molecule has 1 aromatic rings. The van der Waals surface area contributed by atoms with E-state index in [1.54, 1.807) is 12.3 Å². The number of halogens is 1. The smallest absolute Gasteiger partial charge is 0.326 e. The normalized spacial score (nSPS) is 11.9. The van der Waals surface area contributed by atoms with Crippen molar-refractivity contribution in [3.8, 4) is 0 Å². The van der Waals surface area contributed by atoms with Crippen LogP contribution < -0.4 is 5.32 Å². The first kappa shape index (κ1) is 14.5. The van der Waals surface area contributed by atoms with Gasteiger partial charge in [0.15, 0.2) is 0 Å². The molecular formula is C10H10ClNO5S. The second kappa shape index (κ2) is 5.83. The summed E-state index contributed by atoms with van der Waals surface area (Å²) in [5.41, 5.74) is 0.705. The number of thiophene rings is 1. The third kappa shape index (κ3) is 3.44. The van der Waals surface area contributed by atoms with Crippen LogP contribution in [-0.4, -0.2) is 34.1 Å². The summed E-state index contributed by atoms with van der Waals surface area (Å²) in [6.45, 7) is 1.71. The fraction of sp³-hybridized carbons (Fsp3) is 0.300. The van der Waals surface area contributed by atoms with E-state index >= 15 is 0 Å². The highest BCUT2D eigenvalue weighted by Crippen LogP contribution is 2.26. The zero-order valence-electron chi connectivity index (χ0n) is 9.27. The molecule has 0 fully saturated rings. The number of carbonyl (C=O) groups excluding carboxylic acids is 1. The van der Waals surface area contributed by atoms with E-state index in [1.165, 1.54) is 0 Å². The van der Waals surface area contributed by atoms with Crippen molar-refractivity contribution < 1.29 is 24.6 Å². The number of nitrogens with one attached hydrogen (secondary N) is 1. The van der Waals surface area contributed by atoms with Gasteiger partial charge in [-0.3, -0.25) is 9.59 Å². The summed E-state index contributed by atoms with van der Waals surface area (Å²) in [5.74, 6) is -3.40. The molecule has 0 unspecified atom stereocenters. The molecule has 1 rings (SSSR count). The zero-order chi connectivity index (χ0) is 13.9. The number of rotatable bonds is 5. The third-order valence-corrected chi connectivity index (χ3v) is 3.78. The summed E-state index contributed by atoms with van der Waals surface area (Å²) < 4.78 is 0. The Morgan fingerprint density at radius 3 is 2.44 bits per heavy atom. The highest BCUT2D eigenvalue weighted by Gasteiger charge is 2.25. The van der Waals surface area contributed by atoms with Gasteiger partial charge in [0, 0.05) is 0 Å². The van der Waals surface area contributed by atoms with Crippen LogP contribution in [0.2, 0.25) is 5.02 Å². The molecule has 0 saturated heterocycles. The van der Waals surface area contributed by atoms with E-state index in [0.717, 1.165) is 11.3 Å². The fourth-order valence-electron chi connectivity index (χ4n) is 1.18. The van der Waals surface area contributed by atoms with Crippen molar-refractivity contribution in [2.45, 2.75) is 19.4 Å². The summed E-state index contributed by atoms with van der Waals surface area (Å²) in [6.07, 6.45) is -0.691. The topological polar surface area (TPSA) is 104 Å². The van der Waals surface area contributed by atoms with Crippen LogP contribution in [0.5, 0.6) is 0 Å². The number of carboxylic acids is 2. The summed E-state index contributed by atoms with van der Waals surface area (Å²) in [5, 5.41) is 21.4. The number of hydrogen-bond donors (Lipinski definition) is 3. The van der Waals surface area contributed by atoms with Gasteiger partial charge in [-0.05, 0) is 17.9 Å². The summed E-state index contributed by atoms with van der Waals surface area (Å²) in [4.78, 5) is 33.2. The minimum atomic E-state index is -1.48. The predicted molar refractivity (Wildman–Crippen MR) is 65.2 cm³/mol. The molecule has 0 bridgehead atoms. The molecule has 1 heterocycles. The molecule has 98 valence electrons. The van der Waals surface area contributed by atoms with Crippen LogP contribution in [0.15, 0.2) is 5.38 Å². The highest BCUT2D eigenvalue weighted by molar-refractivity contribution is 7.13. The van der Waals surface area contributed by atoms with Crippen LogP contribution in [0.4, 0.5) is 0 Å². The Bertz CT molecular complexity index is 498. The van der Waals surface area contributed by atoms with Crippen LogP contribution in [0, 0.1) is 6.92 Å². The maximum atomic E-state index is 11.7. The number of carboxylic acid groups (broad SMARTS) is 2. The molecular weight excluding hydrogens is 282 g/mol. The second-order valence-electron chi connectivity index (χ2n) is 3.52. The zero-order valence-corrected chi connectivity index (χ0v) is 10.8. The lowest BCUT2D eigenvalue weighted by Crippen LogP contribution is -2.42. The Kier molecular flexibility index (Phi) is 4.69. The van der Waals surface area contributed by atoms with Gasteiger partial charge in [-0.25, -0.2) is 4.79 Å². The van der Waals surface area contributed by atoms with Gasteiger partial charge in [0.25, 0.3) is 5.91 Å². The number of hydrogen-bond acceptors (Lipinski definition) is 4. The quantitative estimate of drug-likeness (QED) is 0.760. The van der Waals surface area contributed by atoms with Gasteiger partial charge < -0.3 is 15.5 Å². The molecule has 1 amide bonds. The Labute approximate surface area is 111 Å². The average Bonchev–Trinajstić information content (AvgIpc) is 2.58. The number of carbonyl (C=O) groups is 3. The molecule has 0 aliphatic heterocycles. The Balaban J connectivity index is 2.82. The first-order valence-corrected chi connectivity index (χ1v) is 6.07. The lowest BCUT2D eigenvalue weighted by atomic mass is 10.2. The summed E-state index contributed by atoms with van der Waals surface area (Å²) >= 11 is 6.93. The molecule has 0 saturated carbocycles. The van der Waals surface area contributed by atoms with E-state index in [1.807, 2.05) is 0 Å². The lowest BCUT2D eigenvalue weighted by Gasteiger charge is -2.11. The number of aryl methyl sites for hydroxylation is 1. The monoisotopic (exact) mass is 291 g/mol. The van der Waals surface area contributed by atoms with E-state index in [2.05, 4.69) is 5.32 Å². The molecule has 1 aromatic heterocycles. The van der Waals surface area contributed by atoms with Gasteiger partial charge in [-0.2, -0.15) is 0 Å². The van der Waals surface area contributed by atoms with Crippen LogP contribution >= 0.6 is 22.9 Å². The van der Waals surface area contributed by atoms with Gasteiger partial charge >= 0.3 is 11.9 Å². The van der Waals surface area contributed by atoms with Gasteiger partial charge in [0.2, 0.25) is 0 Å². The molecule has 0 radical (unpaired) electrons. The number of amides is 1. The summed E-state index contributed by atoms with van der Waals surface area (Å²) in [6, 6.07) is -1.48. The van der Waals surface area contributed by atoms with Crippen LogP contribution in [0.1, 0.15) is 21.7 Å². The second-order valence-corrected chi connectivity index (χ2v) is 4.78. The fourth-order valence-corrected chi connectivity index (χ4v) is 2.36. The van der Waals surface area contributed by atoms with Crippen LogP contribution in [0.25, 0.3) is 0 Å². The van der Waals surface area contributed by atoms with Crippen molar-refractivity contribution in [3.63, 3.8) is 0 Å². The molecule has 0 aliphatic rings. The molecule has 1 atom stereocenters. The van der Waals surface area contributed by atoms with Crippen molar-refractivity contribution in [2.24, 2.45) is 0 Å². The SMILES string of the molecule is Cc1csc(C(=O)N[C@H](CC(=O)O)C(=O)O)c1Cl. The number of aliphatic carboxylic acids is 2. The molecule has 6 nitrogen and oxygen atoms in total. The van der Waals surface area contributed by atoms with Gasteiger partial charge in [0.1, 0.15) is 10.9 Å². The third-order valence-electron chi connectivity index (χ3n) is 2.09. The molecule has 8 heteroatoms. The minimum absolute atomic E-state index is 0.172. The van der Waals surface area contributed by atoms with Crippen molar-refractivity contribution in [1.29, 1.82) is 0 Å². The molecule has 0 aliphatic carbocycles. The van der Waals surface area contributed by atoms with Gasteiger partial charge in [0.05, 0.1) is 11.4 Å². The van der Waals surface area contributed by atoms with Gasteiger partial charge in [-0.15, -0.1) is 11.3 Å². The van der Waals surface area contributed by atoms with Gasteiger partial charge in [-0.1, -0.05) is 11.6 Å². The standard InChI is InChI=1S/C10H10ClNO5S/c1-4-3-18-8(7(4)11)9(15)12-5(10(16)17)2-6(13)14/h3,5H,2H2,1H3,(H,12,15)(H,13,14)(H,16,17)/t5-/m1/s1. The molecule has 0 aromatic carbocycles. The Morgan fingerprint density at radius 2 is 2.06 bits per heavy atom. The predicted octanol–water partition coefficient (Wildman–Crippen LogP) is 1.37. The van der Waals surface area contributed by atoms with Crippen LogP contribution in [0.3, 0.4) is 0 Å². The highest BCUT2D eigenvalue weighted by atomic mass is 35.5. The maximum Gasteiger partial charge on any atom is 0.326 e.